The van der Waals surface area contributed by atoms with Crippen molar-refractivity contribution in [2.45, 2.75) is 26.2 Å². The lowest BCUT2D eigenvalue weighted by atomic mass is 10.0. The van der Waals surface area contributed by atoms with Crippen LogP contribution < -0.4 is 5.32 Å². The number of aliphatic hydroxyl groups excluding tert-OH is 1. The molecular weight excluding hydrogens is 234 g/mol. The van der Waals surface area contributed by atoms with Crippen LogP contribution in [0.2, 0.25) is 0 Å². The summed E-state index contributed by atoms with van der Waals surface area (Å²) < 4.78 is 0. The van der Waals surface area contributed by atoms with E-state index in [9.17, 15) is 4.79 Å². The van der Waals surface area contributed by atoms with Crippen LogP contribution in [0.5, 0.6) is 0 Å². The zero-order valence-electron chi connectivity index (χ0n) is 10.3. The van der Waals surface area contributed by atoms with Crippen molar-refractivity contribution in [3.63, 3.8) is 0 Å². The first-order valence-electron chi connectivity index (χ1n) is 5.98. The van der Waals surface area contributed by atoms with Crippen LogP contribution in [0.3, 0.4) is 0 Å². The summed E-state index contributed by atoms with van der Waals surface area (Å²) in [6, 6.07) is 1.44. The van der Waals surface area contributed by atoms with E-state index in [1.54, 1.807) is 6.92 Å². The summed E-state index contributed by atoms with van der Waals surface area (Å²) in [6.07, 6.45) is 2.92. The van der Waals surface area contributed by atoms with Crippen molar-refractivity contribution in [2.75, 3.05) is 18.5 Å². The number of carbonyl (C=O) groups is 1. The molecule has 3 N–H and O–H groups in total. The van der Waals surface area contributed by atoms with Gasteiger partial charge in [-0.25, -0.2) is 14.8 Å². The summed E-state index contributed by atoms with van der Waals surface area (Å²) in [5, 5.41) is 20.9. The van der Waals surface area contributed by atoms with Crippen molar-refractivity contribution in [1.82, 2.24) is 9.97 Å². The fraction of sp³-hybridized carbons (Fsp3) is 0.583. The molecule has 1 aliphatic rings. The number of aromatic carboxylic acids is 1. The zero-order chi connectivity index (χ0) is 13.2. The summed E-state index contributed by atoms with van der Waals surface area (Å²) in [4.78, 5) is 19.0. The molecule has 0 saturated heterocycles. The summed E-state index contributed by atoms with van der Waals surface area (Å²) in [6.45, 7) is 2.59. The highest BCUT2D eigenvalue weighted by Crippen LogP contribution is 2.48. The van der Waals surface area contributed by atoms with Gasteiger partial charge in [-0.05, 0) is 37.7 Å². The smallest absolute Gasteiger partial charge is 0.354 e. The highest BCUT2D eigenvalue weighted by atomic mass is 16.4. The monoisotopic (exact) mass is 251 g/mol. The lowest BCUT2D eigenvalue weighted by Gasteiger charge is -2.14. The number of aromatic nitrogens is 2. The third-order valence-corrected chi connectivity index (χ3v) is 3.29. The van der Waals surface area contributed by atoms with E-state index >= 15 is 0 Å². The van der Waals surface area contributed by atoms with Crippen LogP contribution in [0.1, 0.15) is 35.4 Å². The largest absolute Gasteiger partial charge is 0.477 e. The molecule has 0 bridgehead atoms. The fourth-order valence-corrected chi connectivity index (χ4v) is 1.95. The quantitative estimate of drug-likeness (QED) is 0.699. The first-order chi connectivity index (χ1) is 8.54. The predicted molar refractivity (Wildman–Crippen MR) is 65.6 cm³/mol. The highest BCUT2D eigenvalue weighted by molar-refractivity contribution is 5.85. The maximum Gasteiger partial charge on any atom is 0.354 e. The minimum absolute atomic E-state index is 0.00277. The molecule has 1 aromatic rings. The number of anilines is 1. The number of hydrogen-bond acceptors (Lipinski definition) is 5. The summed E-state index contributed by atoms with van der Waals surface area (Å²) in [5.41, 5.74) is 0.763. The van der Waals surface area contributed by atoms with Gasteiger partial charge >= 0.3 is 5.97 Å². The molecule has 2 rings (SSSR count). The van der Waals surface area contributed by atoms with E-state index in [4.69, 9.17) is 10.2 Å². The summed E-state index contributed by atoms with van der Waals surface area (Å²) in [5.74, 6) is -0.711. The number of hydrogen-bond donors (Lipinski definition) is 3. The number of aliphatic hydroxyl groups is 1. The number of nitrogens with zero attached hydrogens (tertiary/aromatic N) is 2. The molecule has 0 radical (unpaired) electrons. The van der Waals surface area contributed by atoms with Gasteiger partial charge in [-0.1, -0.05) is 0 Å². The van der Waals surface area contributed by atoms with E-state index in [1.807, 2.05) is 0 Å². The molecule has 1 fully saturated rings. The van der Waals surface area contributed by atoms with E-state index in [0.29, 0.717) is 18.2 Å². The van der Waals surface area contributed by atoms with E-state index in [-0.39, 0.29) is 17.7 Å². The summed E-state index contributed by atoms with van der Waals surface area (Å²) >= 11 is 0. The van der Waals surface area contributed by atoms with Gasteiger partial charge in [0.1, 0.15) is 0 Å². The van der Waals surface area contributed by atoms with Crippen LogP contribution in [0.25, 0.3) is 0 Å². The molecule has 0 atom stereocenters. The molecule has 1 saturated carbocycles. The number of rotatable bonds is 6. The number of nitrogens with one attached hydrogen (secondary N) is 1. The Hall–Kier alpha value is -1.69. The number of aryl methyl sites for hydroxylation is 1. The minimum Gasteiger partial charge on any atom is -0.477 e. The topological polar surface area (TPSA) is 95.3 Å². The van der Waals surface area contributed by atoms with Gasteiger partial charge in [-0.3, -0.25) is 0 Å². The Labute approximate surface area is 105 Å². The van der Waals surface area contributed by atoms with Crippen LogP contribution in [0.15, 0.2) is 6.07 Å². The van der Waals surface area contributed by atoms with Gasteiger partial charge in [-0.15, -0.1) is 0 Å². The lowest BCUT2D eigenvalue weighted by molar-refractivity contribution is 0.0690. The molecule has 1 aliphatic carbocycles. The fourth-order valence-electron chi connectivity index (χ4n) is 1.95. The van der Waals surface area contributed by atoms with E-state index in [0.717, 1.165) is 19.3 Å². The van der Waals surface area contributed by atoms with Gasteiger partial charge < -0.3 is 15.5 Å². The normalized spacial score (nSPS) is 16.3. The van der Waals surface area contributed by atoms with Crippen molar-refractivity contribution >= 4 is 11.9 Å². The second-order valence-corrected chi connectivity index (χ2v) is 4.85. The average molecular weight is 251 g/mol. The van der Waals surface area contributed by atoms with Crippen LogP contribution in [-0.4, -0.2) is 39.3 Å². The molecule has 0 spiro atoms. The third kappa shape index (κ3) is 2.95. The van der Waals surface area contributed by atoms with Crippen molar-refractivity contribution < 1.29 is 15.0 Å². The van der Waals surface area contributed by atoms with Gasteiger partial charge in [0.05, 0.1) is 0 Å². The van der Waals surface area contributed by atoms with Gasteiger partial charge in [-0.2, -0.15) is 0 Å². The molecule has 1 aromatic heterocycles. The molecule has 0 amide bonds. The van der Waals surface area contributed by atoms with E-state index in [1.165, 1.54) is 6.07 Å². The van der Waals surface area contributed by atoms with Gasteiger partial charge in [0.25, 0.3) is 0 Å². The van der Waals surface area contributed by atoms with E-state index < -0.39 is 5.97 Å². The number of carboxylic acid groups (broad SMARTS) is 1. The Morgan fingerprint density at radius 2 is 2.22 bits per heavy atom. The molecule has 0 aliphatic heterocycles. The Morgan fingerprint density at radius 3 is 2.78 bits per heavy atom. The second kappa shape index (κ2) is 4.89. The Morgan fingerprint density at radius 1 is 1.50 bits per heavy atom. The molecule has 1 heterocycles. The average Bonchev–Trinajstić information content (AvgIpc) is 3.07. The molecular formula is C12H17N3O3. The first kappa shape index (κ1) is 12.8. The van der Waals surface area contributed by atoms with Crippen LogP contribution in [0, 0.1) is 12.3 Å². The summed E-state index contributed by atoms with van der Waals surface area (Å²) in [7, 11) is 0. The Balaban J connectivity index is 2.03. The molecule has 18 heavy (non-hydrogen) atoms. The first-order valence-corrected chi connectivity index (χ1v) is 5.98. The molecule has 0 aromatic carbocycles. The van der Waals surface area contributed by atoms with Crippen LogP contribution in [0.4, 0.5) is 5.95 Å². The van der Waals surface area contributed by atoms with Crippen molar-refractivity contribution in [2.24, 2.45) is 5.41 Å². The standard InChI is InChI=1S/C12H17N3O3/c1-8-6-9(10(17)18)15-11(14-8)13-7-12(2-3-12)4-5-16/h6,16H,2-5,7H2,1H3,(H,17,18)(H,13,14,15). The van der Waals surface area contributed by atoms with Gasteiger partial charge in [0.15, 0.2) is 5.69 Å². The Bertz CT molecular complexity index is 458. The van der Waals surface area contributed by atoms with E-state index in [2.05, 4.69) is 15.3 Å². The highest BCUT2D eigenvalue weighted by Gasteiger charge is 2.41. The Kier molecular flexibility index (Phi) is 3.47. The van der Waals surface area contributed by atoms with Crippen molar-refractivity contribution in [3.8, 4) is 0 Å². The van der Waals surface area contributed by atoms with Crippen LogP contribution in [-0.2, 0) is 0 Å². The minimum atomic E-state index is -1.06. The molecule has 0 unspecified atom stereocenters. The van der Waals surface area contributed by atoms with Gasteiger partial charge in [0, 0.05) is 18.8 Å². The maximum absolute atomic E-state index is 10.9. The predicted octanol–water partition coefficient (Wildman–Crippen LogP) is 1.06. The van der Waals surface area contributed by atoms with Crippen LogP contribution >= 0.6 is 0 Å². The molecule has 6 heteroatoms. The molecule has 6 nitrogen and oxygen atoms in total. The number of carboxylic acids is 1. The molecule has 98 valence electrons. The third-order valence-electron chi connectivity index (χ3n) is 3.29. The van der Waals surface area contributed by atoms with Gasteiger partial charge in [0.2, 0.25) is 5.95 Å². The SMILES string of the molecule is Cc1cc(C(=O)O)nc(NCC2(CCO)CC2)n1. The lowest BCUT2D eigenvalue weighted by Crippen LogP contribution is -2.19. The maximum atomic E-state index is 10.9. The second-order valence-electron chi connectivity index (χ2n) is 4.85. The van der Waals surface area contributed by atoms with Crippen molar-refractivity contribution in [3.05, 3.63) is 17.5 Å². The zero-order valence-corrected chi connectivity index (χ0v) is 10.3. The van der Waals surface area contributed by atoms with Crippen molar-refractivity contribution in [1.29, 1.82) is 0 Å².